The van der Waals surface area contributed by atoms with Gasteiger partial charge in [-0.1, -0.05) is 0 Å². The molecule has 2 atom stereocenters. The van der Waals surface area contributed by atoms with Crippen LogP contribution in [0.25, 0.3) is 0 Å². The molecular formula is C6H10Cl3Fe. The van der Waals surface area contributed by atoms with E-state index in [4.69, 9.17) is 34.8 Å². The Morgan fingerprint density at radius 2 is 1.80 bits per heavy atom. The number of hydrogen-bond donors (Lipinski definition) is 0. The van der Waals surface area contributed by atoms with Gasteiger partial charge in [-0.05, 0) is 0 Å². The molecule has 0 saturated heterocycles. The van der Waals surface area contributed by atoms with Crippen LogP contribution in [0, 0.1) is 0 Å². The van der Waals surface area contributed by atoms with Crippen molar-refractivity contribution >= 4 is 34.8 Å². The third-order valence-electron chi connectivity index (χ3n) is 1.14. The number of rotatable bonds is 5. The Labute approximate surface area is 85.4 Å². The van der Waals surface area contributed by atoms with Gasteiger partial charge < -0.3 is 0 Å². The third-order valence-corrected chi connectivity index (χ3v) is 3.25. The zero-order chi connectivity index (χ0) is 7.98. The van der Waals surface area contributed by atoms with E-state index < -0.39 is 0 Å². The van der Waals surface area contributed by atoms with Crippen molar-refractivity contribution in [2.45, 2.75) is 28.9 Å². The van der Waals surface area contributed by atoms with Gasteiger partial charge in [-0.2, -0.15) is 0 Å². The number of hydrogen-bond acceptors (Lipinski definition) is 0. The molecule has 0 aromatic rings. The van der Waals surface area contributed by atoms with Gasteiger partial charge in [0, 0.05) is 0 Å². The van der Waals surface area contributed by atoms with Gasteiger partial charge in [0.05, 0.1) is 0 Å². The van der Waals surface area contributed by atoms with E-state index in [0.717, 1.165) is 12.8 Å². The summed E-state index contributed by atoms with van der Waals surface area (Å²) in [4.78, 5) is 0. The molecule has 0 heterocycles. The summed E-state index contributed by atoms with van der Waals surface area (Å²) in [6.45, 7) is 0. The number of alkyl halides is 3. The van der Waals surface area contributed by atoms with Crippen molar-refractivity contribution in [1.82, 2.24) is 0 Å². The second-order valence-electron chi connectivity index (χ2n) is 2.01. The van der Waals surface area contributed by atoms with Gasteiger partial charge in [0.1, 0.15) is 0 Å². The van der Waals surface area contributed by atoms with Crippen LogP contribution in [0.1, 0.15) is 12.8 Å². The zero-order valence-corrected chi connectivity index (χ0v) is 8.84. The van der Waals surface area contributed by atoms with Crippen molar-refractivity contribution in [3.8, 4) is 0 Å². The molecule has 2 unspecified atom stereocenters. The molecule has 63 valence electrons. The molecule has 0 aromatic carbocycles. The Morgan fingerprint density at radius 1 is 1.20 bits per heavy atom. The summed E-state index contributed by atoms with van der Waals surface area (Å²) in [6, 6.07) is 0. The van der Waals surface area contributed by atoms with E-state index in [1.165, 1.54) is 0 Å². The Hall–Kier alpha value is 1.39. The molecule has 0 N–H and O–H groups in total. The van der Waals surface area contributed by atoms with E-state index in [9.17, 15) is 0 Å². The van der Waals surface area contributed by atoms with E-state index in [2.05, 4.69) is 16.0 Å². The quantitative estimate of drug-likeness (QED) is 0.514. The van der Waals surface area contributed by atoms with E-state index in [1.54, 1.807) is 0 Å². The summed E-state index contributed by atoms with van der Waals surface area (Å²) < 4.78 is 0. The SMILES string of the molecule is ClCCCC(Cl)C(Cl)[CH2][Fe]. The first-order valence-electron chi connectivity index (χ1n) is 3.10. The van der Waals surface area contributed by atoms with Crippen molar-refractivity contribution in [3.63, 3.8) is 0 Å². The minimum atomic E-state index is -0.00937. The van der Waals surface area contributed by atoms with Crippen LogP contribution in [-0.4, -0.2) is 16.6 Å². The van der Waals surface area contributed by atoms with E-state index >= 15 is 0 Å². The molecule has 0 saturated carbocycles. The van der Waals surface area contributed by atoms with Gasteiger partial charge in [-0.25, -0.2) is 0 Å². The molecule has 0 spiro atoms. The van der Waals surface area contributed by atoms with Gasteiger partial charge in [-0.3, -0.25) is 0 Å². The molecule has 0 fully saturated rings. The fourth-order valence-corrected chi connectivity index (χ4v) is 1.52. The second kappa shape index (κ2) is 7.06. The van der Waals surface area contributed by atoms with E-state index in [0.29, 0.717) is 11.2 Å². The minimum absolute atomic E-state index is 0.00937. The summed E-state index contributed by atoms with van der Waals surface area (Å²) in [7, 11) is 0. The van der Waals surface area contributed by atoms with Gasteiger partial charge in [-0.15, -0.1) is 0 Å². The maximum absolute atomic E-state index is 5.88. The van der Waals surface area contributed by atoms with Gasteiger partial charge >= 0.3 is 85.6 Å². The van der Waals surface area contributed by atoms with Gasteiger partial charge in [0.2, 0.25) is 0 Å². The Balaban J connectivity index is 3.31. The van der Waals surface area contributed by atoms with Crippen molar-refractivity contribution in [2.75, 3.05) is 5.88 Å². The molecule has 0 aromatic heterocycles. The molecule has 0 aliphatic rings. The maximum atomic E-state index is 5.88. The summed E-state index contributed by atoms with van der Waals surface area (Å²) in [5, 5.41) is 0.695. The first-order valence-corrected chi connectivity index (χ1v) is 5.29. The summed E-state index contributed by atoms with van der Waals surface area (Å²) >= 11 is 20.8. The van der Waals surface area contributed by atoms with Crippen LogP contribution in [0.15, 0.2) is 0 Å². The molecule has 0 nitrogen and oxygen atoms in total. The fraction of sp³-hybridized carbons (Fsp3) is 1.00. The van der Waals surface area contributed by atoms with Crippen LogP contribution in [0.5, 0.6) is 0 Å². The average Bonchev–Trinajstić information content (AvgIpc) is 1.98. The molecule has 4 heteroatoms. The van der Waals surface area contributed by atoms with Crippen LogP contribution in [0.2, 0.25) is 5.32 Å². The van der Waals surface area contributed by atoms with Crippen molar-refractivity contribution in [3.05, 3.63) is 0 Å². The Kier molecular flexibility index (Phi) is 8.04. The Morgan fingerprint density at radius 3 is 2.20 bits per heavy atom. The van der Waals surface area contributed by atoms with E-state index in [-0.39, 0.29) is 10.8 Å². The third kappa shape index (κ3) is 5.09. The Bertz CT molecular complexity index is 79.4. The predicted octanol–water partition coefficient (Wildman–Crippen LogP) is 3.19. The standard InChI is InChI=1S/C6H10Cl3.Fe/c1-5(8)6(9)3-2-4-7;/h5-6H,1-4H2;. The van der Waals surface area contributed by atoms with Crippen LogP contribution in [-0.2, 0) is 16.0 Å². The normalized spacial score (nSPS) is 16.8. The molecule has 0 aliphatic carbocycles. The molecule has 0 aliphatic heterocycles. The summed E-state index contributed by atoms with van der Waals surface area (Å²) in [6.07, 6.45) is 1.81. The average molecular weight is 244 g/mol. The van der Waals surface area contributed by atoms with Crippen molar-refractivity contribution in [2.24, 2.45) is 0 Å². The first-order chi connectivity index (χ1) is 4.72. The first kappa shape index (κ1) is 11.4. The van der Waals surface area contributed by atoms with Crippen LogP contribution >= 0.6 is 34.8 Å². The van der Waals surface area contributed by atoms with Crippen LogP contribution in [0.3, 0.4) is 0 Å². The monoisotopic (exact) mass is 243 g/mol. The fourth-order valence-electron chi connectivity index (χ4n) is 0.543. The molecule has 0 bridgehead atoms. The van der Waals surface area contributed by atoms with E-state index in [1.807, 2.05) is 0 Å². The van der Waals surface area contributed by atoms with Crippen LogP contribution in [0.4, 0.5) is 0 Å². The molecule has 0 rings (SSSR count). The molecular weight excluding hydrogens is 234 g/mol. The number of halogens is 3. The molecule has 10 heavy (non-hydrogen) atoms. The van der Waals surface area contributed by atoms with Crippen molar-refractivity contribution in [1.29, 1.82) is 0 Å². The summed E-state index contributed by atoms with van der Waals surface area (Å²) in [5.41, 5.74) is 0. The second-order valence-corrected chi connectivity index (χ2v) is 3.96. The van der Waals surface area contributed by atoms with Crippen LogP contribution < -0.4 is 0 Å². The molecule has 0 radical (unpaired) electrons. The topological polar surface area (TPSA) is 0 Å². The molecule has 0 amide bonds. The summed E-state index contributed by atoms with van der Waals surface area (Å²) in [5.74, 6) is 0.657. The van der Waals surface area contributed by atoms with Gasteiger partial charge in [0.25, 0.3) is 0 Å². The predicted molar refractivity (Wildman–Crippen MR) is 44.0 cm³/mol. The van der Waals surface area contributed by atoms with Crippen molar-refractivity contribution < 1.29 is 16.0 Å². The zero-order valence-electron chi connectivity index (χ0n) is 5.47. The van der Waals surface area contributed by atoms with Gasteiger partial charge in [0.15, 0.2) is 0 Å².